The van der Waals surface area contributed by atoms with Crippen LogP contribution in [0.25, 0.3) is 32.3 Å². The number of para-hydroxylation sites is 1. The number of hydrogen-bond donors (Lipinski definition) is 1. The highest BCUT2D eigenvalue weighted by Crippen LogP contribution is 2.43. The molecule has 6 rings (SSSR count). The van der Waals surface area contributed by atoms with Crippen LogP contribution >= 0.6 is 0 Å². The summed E-state index contributed by atoms with van der Waals surface area (Å²) < 4.78 is 5.11. The second kappa shape index (κ2) is 7.59. The van der Waals surface area contributed by atoms with Crippen molar-refractivity contribution in [2.24, 2.45) is 0 Å². The first-order chi connectivity index (χ1) is 15.8. The average Bonchev–Trinajstić information content (AvgIpc) is 2.85. The molecule has 1 N–H and O–H groups in total. The third-order valence-electron chi connectivity index (χ3n) is 6.04. The molecule has 0 bridgehead atoms. The fraction of sp³-hybridized carbons (Fsp3) is 0. The molecule has 0 saturated carbocycles. The second-order valence-electron chi connectivity index (χ2n) is 7.83. The van der Waals surface area contributed by atoms with Gasteiger partial charge in [-0.15, -0.1) is 0 Å². The lowest BCUT2D eigenvalue weighted by Gasteiger charge is -2.27. The molecule has 6 aromatic carbocycles. The van der Waals surface area contributed by atoms with E-state index in [0.29, 0.717) is 13.4 Å². The minimum Gasteiger partial charge on any atom is -0.537 e. The molecule has 0 heterocycles. The van der Waals surface area contributed by atoms with Crippen LogP contribution in [-0.2, 0) is 0 Å². The normalized spacial score (nSPS) is 11.3. The Morgan fingerprint density at radius 2 is 1.19 bits per heavy atom. The van der Waals surface area contributed by atoms with Gasteiger partial charge in [0.05, 0.1) is 5.69 Å². The van der Waals surface area contributed by atoms with Gasteiger partial charge in [-0.2, -0.15) is 0 Å². The van der Waals surface area contributed by atoms with Crippen molar-refractivity contribution in [1.29, 1.82) is 0 Å². The van der Waals surface area contributed by atoms with Gasteiger partial charge in [-0.3, -0.25) is 0 Å². The molecular weight excluding hydrogens is 393 g/mol. The van der Waals surface area contributed by atoms with Gasteiger partial charge in [0.1, 0.15) is 5.75 Å². The van der Waals surface area contributed by atoms with Crippen molar-refractivity contribution in [3.05, 3.63) is 109 Å². The zero-order valence-corrected chi connectivity index (χ0v) is 17.3. The summed E-state index contributed by atoms with van der Waals surface area (Å²) in [6.45, 7) is 0. The summed E-state index contributed by atoms with van der Waals surface area (Å²) in [6.07, 6.45) is 0. The van der Waals surface area contributed by atoms with Crippen LogP contribution in [0.1, 0.15) is 0 Å². The second-order valence-corrected chi connectivity index (χ2v) is 7.83. The number of rotatable bonds is 5. The largest absolute Gasteiger partial charge is 0.569 e. The van der Waals surface area contributed by atoms with Crippen molar-refractivity contribution in [3.63, 3.8) is 0 Å². The number of anilines is 3. The third kappa shape index (κ3) is 2.96. The Morgan fingerprint density at radius 3 is 1.91 bits per heavy atom. The zero-order chi connectivity index (χ0) is 21.5. The van der Waals surface area contributed by atoms with E-state index in [1.165, 1.54) is 32.3 Å². The Bertz CT molecular complexity index is 1510. The van der Waals surface area contributed by atoms with Gasteiger partial charge in [-0.1, -0.05) is 66.7 Å². The van der Waals surface area contributed by atoms with E-state index in [1.807, 2.05) is 30.3 Å². The molecule has 6 aromatic rings. The molecule has 4 heteroatoms. The molecule has 0 spiro atoms. The molecule has 32 heavy (non-hydrogen) atoms. The molecule has 0 saturated heterocycles. The third-order valence-corrected chi connectivity index (χ3v) is 6.04. The summed E-state index contributed by atoms with van der Waals surface area (Å²) >= 11 is 0. The topological polar surface area (TPSA) is 32.7 Å². The van der Waals surface area contributed by atoms with Crippen LogP contribution in [0.3, 0.4) is 0 Å². The van der Waals surface area contributed by atoms with Gasteiger partial charge in [0.25, 0.3) is 0 Å². The fourth-order valence-electron chi connectivity index (χ4n) is 4.65. The molecule has 3 nitrogen and oxygen atoms in total. The molecule has 0 unspecified atom stereocenters. The molecule has 0 aliphatic carbocycles. The lowest BCUT2D eigenvalue weighted by molar-refractivity contribution is 0.454. The number of benzene rings is 6. The van der Waals surface area contributed by atoms with E-state index in [-0.39, 0.29) is 0 Å². The molecule has 0 aliphatic heterocycles. The highest BCUT2D eigenvalue weighted by atomic mass is 16.5. The van der Waals surface area contributed by atoms with E-state index in [2.05, 4.69) is 83.8 Å². The van der Waals surface area contributed by atoms with Gasteiger partial charge in [0.15, 0.2) is 0 Å². The van der Waals surface area contributed by atoms with Gasteiger partial charge < -0.3 is 14.6 Å². The highest BCUT2D eigenvalue weighted by Gasteiger charge is 2.18. The van der Waals surface area contributed by atoms with Gasteiger partial charge >= 0.3 is 7.69 Å². The Hall–Kier alpha value is -4.02. The van der Waals surface area contributed by atoms with Crippen molar-refractivity contribution in [3.8, 4) is 5.75 Å². The van der Waals surface area contributed by atoms with Crippen molar-refractivity contribution in [2.45, 2.75) is 0 Å². The Kier molecular flexibility index (Phi) is 4.44. The predicted molar refractivity (Wildman–Crippen MR) is 133 cm³/mol. The monoisotopic (exact) mass is 412 g/mol. The van der Waals surface area contributed by atoms with Crippen molar-refractivity contribution in [1.82, 2.24) is 0 Å². The first kappa shape index (κ1) is 18.7. The van der Waals surface area contributed by atoms with E-state index in [9.17, 15) is 0 Å². The SMILES string of the molecule is O[B]Oc1ccc(N(c2ccccc2)c2ccc3ccc4cccc5ccc2c3c45)cc1. The maximum Gasteiger partial charge on any atom is 0.569 e. The van der Waals surface area contributed by atoms with Gasteiger partial charge in [0.2, 0.25) is 0 Å². The van der Waals surface area contributed by atoms with Gasteiger partial charge in [0, 0.05) is 16.8 Å². The Balaban J connectivity index is 1.63. The van der Waals surface area contributed by atoms with E-state index in [1.54, 1.807) is 0 Å². The number of nitrogens with zero attached hydrogens (tertiary/aromatic N) is 1. The van der Waals surface area contributed by atoms with Crippen LogP contribution < -0.4 is 9.55 Å². The maximum absolute atomic E-state index is 8.95. The van der Waals surface area contributed by atoms with E-state index < -0.39 is 0 Å². The first-order valence-corrected chi connectivity index (χ1v) is 10.6. The molecule has 1 radical (unpaired) electrons. The summed E-state index contributed by atoms with van der Waals surface area (Å²) in [5.74, 6) is 0.583. The molecular formula is C28H19BNO2. The fourth-order valence-corrected chi connectivity index (χ4v) is 4.65. The van der Waals surface area contributed by atoms with Crippen LogP contribution in [0.5, 0.6) is 5.75 Å². The highest BCUT2D eigenvalue weighted by molar-refractivity contribution is 6.25. The first-order valence-electron chi connectivity index (χ1n) is 10.6. The smallest absolute Gasteiger partial charge is 0.537 e. The van der Waals surface area contributed by atoms with Gasteiger partial charge in [-0.05, 0) is 69.4 Å². The van der Waals surface area contributed by atoms with Gasteiger partial charge in [-0.25, -0.2) is 0 Å². The van der Waals surface area contributed by atoms with Crippen molar-refractivity contribution >= 4 is 57.1 Å². The van der Waals surface area contributed by atoms with Crippen LogP contribution in [-0.4, -0.2) is 12.7 Å². The van der Waals surface area contributed by atoms with E-state index in [0.717, 1.165) is 17.1 Å². The van der Waals surface area contributed by atoms with Crippen LogP contribution in [0.4, 0.5) is 17.1 Å². The Labute approximate surface area is 186 Å². The van der Waals surface area contributed by atoms with Crippen molar-refractivity contribution < 1.29 is 9.68 Å². The summed E-state index contributed by atoms with van der Waals surface area (Å²) in [6, 6.07) is 37.8. The molecule has 0 aliphatic rings. The maximum atomic E-state index is 8.95. The molecule has 0 amide bonds. The minimum atomic E-state index is 0.583. The molecule has 0 atom stereocenters. The standard InChI is InChI=1S/C28H19BNO2/c31-29-32-24-15-13-23(14-16-24)30(22-7-2-1-3-8-22)26-18-12-21-10-9-19-5-4-6-20-11-17-25(26)28(21)27(19)20/h1-18,31H. The van der Waals surface area contributed by atoms with Crippen LogP contribution in [0.2, 0.25) is 0 Å². The average molecular weight is 412 g/mol. The molecule has 0 aromatic heterocycles. The predicted octanol–water partition coefficient (Wildman–Crippen LogP) is 6.96. The zero-order valence-electron chi connectivity index (χ0n) is 17.3. The summed E-state index contributed by atoms with van der Waals surface area (Å²) in [4.78, 5) is 2.26. The minimum absolute atomic E-state index is 0.583. The lowest BCUT2D eigenvalue weighted by atomic mass is 9.93. The van der Waals surface area contributed by atoms with Crippen LogP contribution in [0, 0.1) is 0 Å². The van der Waals surface area contributed by atoms with Crippen LogP contribution in [0.15, 0.2) is 109 Å². The van der Waals surface area contributed by atoms with E-state index in [4.69, 9.17) is 9.68 Å². The van der Waals surface area contributed by atoms with E-state index >= 15 is 0 Å². The molecule has 0 fully saturated rings. The lowest BCUT2D eigenvalue weighted by Crippen LogP contribution is -2.10. The molecule has 151 valence electrons. The quantitative estimate of drug-likeness (QED) is 0.245. The summed E-state index contributed by atoms with van der Waals surface area (Å²) in [7, 11) is 0.699. The summed E-state index contributed by atoms with van der Waals surface area (Å²) in [5.41, 5.74) is 3.20. The number of hydrogen-bond acceptors (Lipinski definition) is 3. The summed E-state index contributed by atoms with van der Waals surface area (Å²) in [5, 5.41) is 16.5. The van der Waals surface area contributed by atoms with Crippen molar-refractivity contribution in [2.75, 3.05) is 4.90 Å². The Morgan fingerprint density at radius 1 is 0.562 bits per heavy atom.